The molecule has 0 radical (unpaired) electrons. The molecule has 1 unspecified atom stereocenters. The van der Waals surface area contributed by atoms with E-state index in [2.05, 4.69) is 5.10 Å². The summed E-state index contributed by atoms with van der Waals surface area (Å²) in [7, 11) is 1.54. The third-order valence-corrected chi connectivity index (χ3v) is 1.47. The van der Waals surface area contributed by atoms with Gasteiger partial charge in [-0.15, -0.1) is 0 Å². The van der Waals surface area contributed by atoms with Gasteiger partial charge >= 0.3 is 0 Å². The Balaban J connectivity index is 2.78. The van der Waals surface area contributed by atoms with Crippen molar-refractivity contribution in [1.29, 1.82) is 0 Å². The van der Waals surface area contributed by atoms with Crippen LogP contribution in [0.3, 0.4) is 0 Å². The summed E-state index contributed by atoms with van der Waals surface area (Å²) in [6, 6.07) is 0. The number of hydrazone groups is 1. The largest absolute Gasteiger partial charge is 0.290 e. The molecule has 0 saturated heterocycles. The van der Waals surface area contributed by atoms with Crippen LogP contribution in [0.1, 0.15) is 6.92 Å². The first-order valence-corrected chi connectivity index (χ1v) is 2.93. The second kappa shape index (κ2) is 2.26. The van der Waals surface area contributed by atoms with Crippen LogP contribution < -0.4 is 5.48 Å². The zero-order valence-electron chi connectivity index (χ0n) is 5.83. The van der Waals surface area contributed by atoms with E-state index in [1.54, 1.807) is 14.0 Å². The van der Waals surface area contributed by atoms with E-state index in [1.165, 1.54) is 5.01 Å². The molecule has 0 spiro atoms. The molecule has 1 aliphatic heterocycles. The zero-order chi connectivity index (χ0) is 7.72. The highest BCUT2D eigenvalue weighted by Crippen LogP contribution is 2.10. The molecule has 0 aromatic heterocycles. The van der Waals surface area contributed by atoms with Gasteiger partial charge in [-0.25, -0.2) is 5.01 Å². The van der Waals surface area contributed by atoms with Crippen molar-refractivity contribution in [2.45, 2.75) is 6.92 Å². The summed E-state index contributed by atoms with van der Waals surface area (Å²) in [5.41, 5.74) is 1.86. The number of amidine groups is 1. The number of amides is 1. The molecular weight excluding hydrogens is 134 g/mol. The number of nitrogens with zero attached hydrogens (tertiary/aromatic N) is 2. The molecule has 0 bridgehead atoms. The number of nitrogens with one attached hydrogen (secondary N) is 1. The van der Waals surface area contributed by atoms with Crippen LogP contribution >= 0.6 is 0 Å². The molecule has 5 nitrogen and oxygen atoms in total. The van der Waals surface area contributed by atoms with Gasteiger partial charge in [-0.1, -0.05) is 0 Å². The molecular formula is C5H9N3O2. The summed E-state index contributed by atoms with van der Waals surface area (Å²) in [5.74, 6) is -0.168. The molecule has 1 aliphatic rings. The van der Waals surface area contributed by atoms with E-state index < -0.39 is 0 Å². The van der Waals surface area contributed by atoms with Crippen LogP contribution in [0.5, 0.6) is 0 Å². The van der Waals surface area contributed by atoms with Crippen molar-refractivity contribution in [1.82, 2.24) is 10.5 Å². The fraction of sp³-hybridized carbons (Fsp3) is 0.600. The maximum absolute atomic E-state index is 10.9. The van der Waals surface area contributed by atoms with Gasteiger partial charge in [0.25, 0.3) is 5.91 Å². The van der Waals surface area contributed by atoms with Crippen molar-refractivity contribution in [3.63, 3.8) is 0 Å². The summed E-state index contributed by atoms with van der Waals surface area (Å²) in [5, 5.41) is 13.3. The van der Waals surface area contributed by atoms with Gasteiger partial charge in [-0.3, -0.25) is 15.5 Å². The first-order chi connectivity index (χ1) is 4.66. The maximum atomic E-state index is 10.9. The minimum absolute atomic E-state index is 0.114. The minimum Gasteiger partial charge on any atom is -0.290 e. The lowest BCUT2D eigenvalue weighted by Gasteiger charge is -2.02. The van der Waals surface area contributed by atoms with Crippen molar-refractivity contribution in [2.75, 3.05) is 7.05 Å². The smallest absolute Gasteiger partial charge is 0.253 e. The van der Waals surface area contributed by atoms with E-state index in [0.717, 1.165) is 0 Å². The van der Waals surface area contributed by atoms with E-state index in [-0.39, 0.29) is 11.8 Å². The summed E-state index contributed by atoms with van der Waals surface area (Å²) in [4.78, 5) is 10.9. The average Bonchev–Trinajstić information content (AvgIpc) is 2.17. The van der Waals surface area contributed by atoms with Gasteiger partial charge in [0.1, 0.15) is 0 Å². The molecule has 5 heteroatoms. The number of rotatable bonds is 0. The number of hydrogen-bond donors (Lipinski definition) is 2. The summed E-state index contributed by atoms with van der Waals surface area (Å²) >= 11 is 0. The lowest BCUT2D eigenvalue weighted by Crippen LogP contribution is -2.28. The Kier molecular flexibility index (Phi) is 1.58. The van der Waals surface area contributed by atoms with Crippen molar-refractivity contribution >= 4 is 11.7 Å². The molecule has 2 N–H and O–H groups in total. The van der Waals surface area contributed by atoms with Gasteiger partial charge in [0.2, 0.25) is 0 Å². The highest BCUT2D eigenvalue weighted by Gasteiger charge is 2.29. The normalized spacial score (nSPS) is 25.1. The fourth-order valence-corrected chi connectivity index (χ4v) is 0.814. The molecule has 0 aromatic rings. The first-order valence-electron chi connectivity index (χ1n) is 2.93. The van der Waals surface area contributed by atoms with Crippen LogP contribution in [0.2, 0.25) is 0 Å². The molecule has 0 fully saturated rings. The van der Waals surface area contributed by atoms with Crippen LogP contribution in [0.4, 0.5) is 0 Å². The van der Waals surface area contributed by atoms with E-state index in [9.17, 15) is 4.79 Å². The van der Waals surface area contributed by atoms with Crippen molar-refractivity contribution < 1.29 is 10.0 Å². The number of hydrogen-bond acceptors (Lipinski definition) is 4. The third-order valence-electron chi connectivity index (χ3n) is 1.47. The topological polar surface area (TPSA) is 64.9 Å². The quantitative estimate of drug-likeness (QED) is 0.444. The minimum atomic E-state index is -0.352. The van der Waals surface area contributed by atoms with Gasteiger partial charge < -0.3 is 0 Å². The molecule has 0 saturated carbocycles. The van der Waals surface area contributed by atoms with Crippen LogP contribution in [0.25, 0.3) is 0 Å². The Morgan fingerprint density at radius 2 is 2.40 bits per heavy atom. The van der Waals surface area contributed by atoms with Crippen LogP contribution in [-0.4, -0.2) is 29.0 Å². The van der Waals surface area contributed by atoms with Gasteiger partial charge in [0.05, 0.1) is 5.92 Å². The zero-order valence-corrected chi connectivity index (χ0v) is 5.83. The monoisotopic (exact) mass is 143 g/mol. The Hall–Kier alpha value is -1.10. The molecule has 1 rings (SSSR count). The second-order valence-corrected chi connectivity index (χ2v) is 2.18. The SMILES string of the molecule is CC1C(=O)N(C)N=C1NO. The maximum Gasteiger partial charge on any atom is 0.253 e. The van der Waals surface area contributed by atoms with Gasteiger partial charge in [0.15, 0.2) is 5.84 Å². The fourth-order valence-electron chi connectivity index (χ4n) is 0.814. The Bertz CT molecular complexity index is 189. The Morgan fingerprint density at radius 1 is 1.80 bits per heavy atom. The molecule has 1 amide bonds. The highest BCUT2D eigenvalue weighted by atomic mass is 16.5. The standard InChI is InChI=1S/C5H9N3O2/c1-3-4(7-10)6-8(2)5(3)9/h3,10H,1-2H3,(H,6,7). The predicted molar refractivity (Wildman–Crippen MR) is 34.3 cm³/mol. The van der Waals surface area contributed by atoms with E-state index in [4.69, 9.17) is 5.21 Å². The molecule has 10 heavy (non-hydrogen) atoms. The Morgan fingerprint density at radius 3 is 2.60 bits per heavy atom. The van der Waals surface area contributed by atoms with Crippen LogP contribution in [-0.2, 0) is 4.79 Å². The van der Waals surface area contributed by atoms with E-state index in [0.29, 0.717) is 5.84 Å². The van der Waals surface area contributed by atoms with Crippen LogP contribution in [0, 0.1) is 5.92 Å². The molecule has 1 atom stereocenters. The molecule has 0 aromatic carbocycles. The third kappa shape index (κ3) is 0.841. The summed E-state index contributed by atoms with van der Waals surface area (Å²) < 4.78 is 0. The lowest BCUT2D eigenvalue weighted by molar-refractivity contribution is -0.130. The van der Waals surface area contributed by atoms with Crippen molar-refractivity contribution in [2.24, 2.45) is 11.0 Å². The molecule has 1 heterocycles. The lowest BCUT2D eigenvalue weighted by atomic mass is 10.2. The molecule has 56 valence electrons. The van der Waals surface area contributed by atoms with Gasteiger partial charge in [-0.2, -0.15) is 5.10 Å². The summed E-state index contributed by atoms with van der Waals surface area (Å²) in [6.07, 6.45) is 0. The Labute approximate surface area is 58.3 Å². The van der Waals surface area contributed by atoms with Crippen molar-refractivity contribution in [3.8, 4) is 0 Å². The van der Waals surface area contributed by atoms with E-state index >= 15 is 0 Å². The second-order valence-electron chi connectivity index (χ2n) is 2.18. The first kappa shape index (κ1) is 7.01. The average molecular weight is 143 g/mol. The number of hydroxylamine groups is 1. The van der Waals surface area contributed by atoms with Crippen LogP contribution in [0.15, 0.2) is 5.10 Å². The van der Waals surface area contributed by atoms with Crippen molar-refractivity contribution in [3.05, 3.63) is 0 Å². The van der Waals surface area contributed by atoms with E-state index in [1.807, 2.05) is 5.48 Å². The highest BCUT2D eigenvalue weighted by molar-refractivity contribution is 6.05. The summed E-state index contributed by atoms with van der Waals surface area (Å²) in [6.45, 7) is 1.67. The predicted octanol–water partition coefficient (Wildman–Crippen LogP) is -0.613. The van der Waals surface area contributed by atoms with Gasteiger partial charge in [0, 0.05) is 7.05 Å². The number of carbonyl (C=O) groups excluding carboxylic acids is 1. The van der Waals surface area contributed by atoms with Gasteiger partial charge in [-0.05, 0) is 6.92 Å². The number of carbonyl (C=O) groups is 1. The molecule has 0 aliphatic carbocycles.